The zero-order chi connectivity index (χ0) is 11.0. The van der Waals surface area contributed by atoms with Gasteiger partial charge in [0.2, 0.25) is 0 Å². The maximum Gasteiger partial charge on any atom is 0.141 e. The van der Waals surface area contributed by atoms with Crippen LogP contribution in [0.4, 0.5) is 8.78 Å². The van der Waals surface area contributed by atoms with Crippen LogP contribution in [0.5, 0.6) is 0 Å². The summed E-state index contributed by atoms with van der Waals surface area (Å²) in [5.41, 5.74) is 0.592. The highest BCUT2D eigenvalue weighted by molar-refractivity contribution is 5.85. The lowest BCUT2D eigenvalue weighted by molar-refractivity contribution is 0.623. The third-order valence-corrected chi connectivity index (χ3v) is 2.25. The molecule has 0 spiro atoms. The summed E-state index contributed by atoms with van der Waals surface area (Å²) in [6, 6.07) is 7.15. The molecule has 0 heterocycles. The van der Waals surface area contributed by atoms with Crippen molar-refractivity contribution in [2.75, 3.05) is 0 Å². The molecule has 0 bridgehead atoms. The van der Waals surface area contributed by atoms with E-state index in [1.807, 2.05) is 0 Å². The minimum absolute atomic E-state index is 0.134. The van der Waals surface area contributed by atoms with Gasteiger partial charge in [0.15, 0.2) is 0 Å². The van der Waals surface area contributed by atoms with Crippen LogP contribution in [0.1, 0.15) is 11.1 Å². The molecule has 0 aliphatic carbocycles. The molecule has 0 atom stereocenters. The average Bonchev–Trinajstić information content (AvgIpc) is 2.16. The Balaban J connectivity index is 2.89. The Morgan fingerprint density at radius 1 is 1.07 bits per heavy atom. The van der Waals surface area contributed by atoms with Crippen LogP contribution in [-0.4, -0.2) is 0 Å². The molecule has 15 heavy (non-hydrogen) atoms. The van der Waals surface area contributed by atoms with Crippen LogP contribution in [0.25, 0.3) is 10.8 Å². The van der Waals surface area contributed by atoms with E-state index in [0.29, 0.717) is 5.39 Å². The first-order chi connectivity index (χ1) is 7.11. The molecule has 0 radical (unpaired) electrons. The van der Waals surface area contributed by atoms with E-state index < -0.39 is 11.6 Å². The van der Waals surface area contributed by atoms with Crippen LogP contribution >= 0.6 is 0 Å². The Kier molecular flexibility index (Phi) is 2.12. The standard InChI is InChI=1S/C12H7F2N/c1-7-2-8-5-11(13)9(6-15)4-10(8)12(14)3-7/h2-5H,1H3. The van der Waals surface area contributed by atoms with Crippen LogP contribution in [-0.2, 0) is 0 Å². The highest BCUT2D eigenvalue weighted by Gasteiger charge is 2.07. The second-order valence-electron chi connectivity index (χ2n) is 3.41. The maximum absolute atomic E-state index is 13.5. The zero-order valence-corrected chi connectivity index (χ0v) is 8.01. The molecule has 0 N–H and O–H groups in total. The normalized spacial score (nSPS) is 10.3. The summed E-state index contributed by atoms with van der Waals surface area (Å²) in [6.45, 7) is 1.73. The first-order valence-corrected chi connectivity index (χ1v) is 4.41. The second kappa shape index (κ2) is 3.32. The van der Waals surface area contributed by atoms with Gasteiger partial charge in [-0.1, -0.05) is 6.07 Å². The molecule has 0 aliphatic rings. The Hall–Kier alpha value is -1.95. The number of hydrogen-bond acceptors (Lipinski definition) is 1. The van der Waals surface area contributed by atoms with Crippen LogP contribution in [0.2, 0.25) is 0 Å². The Morgan fingerprint density at radius 2 is 1.80 bits per heavy atom. The van der Waals surface area contributed by atoms with Gasteiger partial charge >= 0.3 is 0 Å². The summed E-state index contributed by atoms with van der Waals surface area (Å²) < 4.78 is 26.7. The number of rotatable bonds is 0. The van der Waals surface area contributed by atoms with Crippen molar-refractivity contribution in [1.82, 2.24) is 0 Å². The lowest BCUT2D eigenvalue weighted by Crippen LogP contribution is -1.88. The molecule has 74 valence electrons. The third kappa shape index (κ3) is 1.55. The smallest absolute Gasteiger partial charge is 0.141 e. The van der Waals surface area contributed by atoms with Crippen molar-refractivity contribution in [3.05, 3.63) is 47.0 Å². The molecule has 2 rings (SSSR count). The van der Waals surface area contributed by atoms with Crippen molar-refractivity contribution in [1.29, 1.82) is 5.26 Å². The molecule has 0 fully saturated rings. The van der Waals surface area contributed by atoms with E-state index in [9.17, 15) is 8.78 Å². The van der Waals surface area contributed by atoms with E-state index in [0.717, 1.165) is 5.56 Å². The minimum Gasteiger partial charge on any atom is -0.206 e. The van der Waals surface area contributed by atoms with Gasteiger partial charge in [-0.25, -0.2) is 8.78 Å². The molecule has 0 unspecified atom stereocenters. The summed E-state index contributed by atoms with van der Waals surface area (Å²) in [5, 5.41) is 9.36. The zero-order valence-electron chi connectivity index (χ0n) is 8.01. The number of nitriles is 1. The Morgan fingerprint density at radius 3 is 2.47 bits per heavy atom. The van der Waals surface area contributed by atoms with Gasteiger partial charge in [-0.3, -0.25) is 0 Å². The van der Waals surface area contributed by atoms with Crippen molar-refractivity contribution in [2.45, 2.75) is 6.92 Å². The van der Waals surface area contributed by atoms with Crippen molar-refractivity contribution in [3.63, 3.8) is 0 Å². The van der Waals surface area contributed by atoms with E-state index in [1.165, 1.54) is 18.2 Å². The van der Waals surface area contributed by atoms with Gasteiger partial charge in [0, 0.05) is 5.39 Å². The number of benzene rings is 2. The van der Waals surface area contributed by atoms with Gasteiger partial charge in [0.1, 0.15) is 17.7 Å². The van der Waals surface area contributed by atoms with Crippen molar-refractivity contribution in [2.24, 2.45) is 0 Å². The number of fused-ring (bicyclic) bond motifs is 1. The van der Waals surface area contributed by atoms with Gasteiger partial charge in [-0.2, -0.15) is 5.26 Å². The first-order valence-electron chi connectivity index (χ1n) is 4.41. The number of nitrogens with zero attached hydrogens (tertiary/aromatic N) is 1. The predicted octanol–water partition coefficient (Wildman–Crippen LogP) is 3.30. The topological polar surface area (TPSA) is 23.8 Å². The summed E-state index contributed by atoms with van der Waals surface area (Å²) in [7, 11) is 0. The number of aryl methyl sites for hydroxylation is 1. The Labute approximate surface area is 85.6 Å². The number of halogens is 2. The van der Waals surface area contributed by atoms with Crippen molar-refractivity contribution < 1.29 is 8.78 Å². The largest absolute Gasteiger partial charge is 0.206 e. The van der Waals surface area contributed by atoms with E-state index in [1.54, 1.807) is 19.1 Å². The highest BCUT2D eigenvalue weighted by atomic mass is 19.1. The fraction of sp³-hybridized carbons (Fsp3) is 0.0833. The lowest BCUT2D eigenvalue weighted by atomic mass is 10.0. The molecule has 0 amide bonds. The summed E-state index contributed by atoms with van der Waals surface area (Å²) in [4.78, 5) is 0. The van der Waals surface area contributed by atoms with Crippen molar-refractivity contribution in [3.8, 4) is 6.07 Å². The molecule has 2 aromatic rings. The second-order valence-corrected chi connectivity index (χ2v) is 3.41. The summed E-state index contributed by atoms with van der Waals surface area (Å²) >= 11 is 0. The highest BCUT2D eigenvalue weighted by Crippen LogP contribution is 2.23. The van der Waals surface area contributed by atoms with Crippen LogP contribution in [0, 0.1) is 29.9 Å². The van der Waals surface area contributed by atoms with Crippen LogP contribution in [0.3, 0.4) is 0 Å². The molecule has 0 saturated carbocycles. The molecule has 0 saturated heterocycles. The van der Waals surface area contributed by atoms with Crippen LogP contribution < -0.4 is 0 Å². The van der Waals surface area contributed by atoms with Gasteiger partial charge in [0.05, 0.1) is 5.56 Å². The number of hydrogen-bond donors (Lipinski definition) is 0. The first kappa shape index (κ1) is 9.60. The van der Waals surface area contributed by atoms with E-state index in [4.69, 9.17) is 5.26 Å². The Bertz CT molecular complexity index is 582. The predicted molar refractivity (Wildman–Crippen MR) is 53.3 cm³/mol. The van der Waals surface area contributed by atoms with E-state index in [-0.39, 0.29) is 10.9 Å². The minimum atomic E-state index is -0.616. The quantitative estimate of drug-likeness (QED) is 0.644. The van der Waals surface area contributed by atoms with Crippen LogP contribution in [0.15, 0.2) is 24.3 Å². The average molecular weight is 203 g/mol. The molecule has 2 aromatic carbocycles. The fourth-order valence-corrected chi connectivity index (χ4v) is 1.57. The van der Waals surface area contributed by atoms with Gasteiger partial charge in [0.25, 0.3) is 0 Å². The molecule has 0 aliphatic heterocycles. The monoisotopic (exact) mass is 203 g/mol. The van der Waals surface area contributed by atoms with Crippen molar-refractivity contribution >= 4 is 10.8 Å². The van der Waals surface area contributed by atoms with E-state index in [2.05, 4.69) is 0 Å². The molecular weight excluding hydrogens is 196 g/mol. The van der Waals surface area contributed by atoms with Gasteiger partial charge in [-0.15, -0.1) is 0 Å². The molecule has 0 aromatic heterocycles. The fourth-order valence-electron chi connectivity index (χ4n) is 1.57. The maximum atomic E-state index is 13.5. The molecule has 1 nitrogen and oxygen atoms in total. The summed E-state index contributed by atoms with van der Waals surface area (Å²) in [5.74, 6) is -1.04. The summed E-state index contributed by atoms with van der Waals surface area (Å²) in [6.07, 6.45) is 0. The molecular formula is C12H7F2N. The van der Waals surface area contributed by atoms with Gasteiger partial charge < -0.3 is 0 Å². The molecule has 3 heteroatoms. The third-order valence-electron chi connectivity index (χ3n) is 2.25. The lowest BCUT2D eigenvalue weighted by Gasteiger charge is -2.03. The van der Waals surface area contributed by atoms with Gasteiger partial charge in [-0.05, 0) is 36.1 Å². The SMILES string of the molecule is Cc1cc(F)c2cc(C#N)c(F)cc2c1. The van der Waals surface area contributed by atoms with E-state index >= 15 is 0 Å².